The summed E-state index contributed by atoms with van der Waals surface area (Å²) in [6.45, 7) is 1.04. The van der Waals surface area contributed by atoms with Crippen LogP contribution in [0.4, 0.5) is 4.39 Å². The van der Waals surface area contributed by atoms with Crippen molar-refractivity contribution in [2.24, 2.45) is 5.73 Å². The van der Waals surface area contributed by atoms with Gasteiger partial charge in [0, 0.05) is 29.0 Å². The molecule has 0 radical (unpaired) electrons. The molecule has 0 saturated carbocycles. The number of nitrogens with one attached hydrogen (secondary N) is 1. The standard InChI is InChI=1S/C14H19FN2O2.C9H6ClNO2/c15-12-4-2-1-3-10(12)9-13(16)14(19)17-7-5-11(18)6-8-17;10-6-1-2-7-5(3-6)4-8(11-7)9(12)13/h1-4,11,13,18H,5-9,16H2;1-4,11H,(H,12,13)/t13-;/m0./s1. The number of fused-ring (bicyclic) bond motifs is 1. The number of aromatic carboxylic acids is 1. The molecule has 2 aromatic carbocycles. The van der Waals surface area contributed by atoms with Gasteiger partial charge < -0.3 is 25.8 Å². The third-order valence-corrected chi connectivity index (χ3v) is 5.54. The van der Waals surface area contributed by atoms with E-state index in [2.05, 4.69) is 4.98 Å². The molecule has 4 rings (SSSR count). The number of piperidine rings is 1. The van der Waals surface area contributed by atoms with Gasteiger partial charge in [0.15, 0.2) is 0 Å². The molecule has 1 fully saturated rings. The van der Waals surface area contributed by atoms with Crippen molar-refractivity contribution in [3.63, 3.8) is 0 Å². The number of carbonyl (C=O) groups is 2. The van der Waals surface area contributed by atoms with Gasteiger partial charge in [0.1, 0.15) is 11.5 Å². The number of carbonyl (C=O) groups excluding carboxylic acids is 1. The van der Waals surface area contributed by atoms with Gasteiger partial charge in [0.25, 0.3) is 0 Å². The number of nitrogens with two attached hydrogens (primary N) is 1. The summed E-state index contributed by atoms with van der Waals surface area (Å²) in [6.07, 6.45) is 1.03. The topological polar surface area (TPSA) is 120 Å². The number of rotatable bonds is 4. The minimum Gasteiger partial charge on any atom is -0.477 e. The molecule has 1 aromatic heterocycles. The first-order valence-corrected chi connectivity index (χ1v) is 10.6. The zero-order valence-electron chi connectivity index (χ0n) is 17.3. The zero-order valence-corrected chi connectivity index (χ0v) is 18.1. The number of aromatic nitrogens is 1. The summed E-state index contributed by atoms with van der Waals surface area (Å²) in [4.78, 5) is 27.1. The van der Waals surface area contributed by atoms with Crippen LogP contribution in [-0.4, -0.2) is 57.2 Å². The number of benzene rings is 2. The van der Waals surface area contributed by atoms with Crippen molar-refractivity contribution in [1.82, 2.24) is 9.88 Å². The highest BCUT2D eigenvalue weighted by Crippen LogP contribution is 2.20. The lowest BCUT2D eigenvalue weighted by Crippen LogP contribution is -2.48. The number of carboxylic acids is 1. The van der Waals surface area contributed by atoms with Crippen LogP contribution >= 0.6 is 11.6 Å². The lowest BCUT2D eigenvalue weighted by molar-refractivity contribution is -0.134. The van der Waals surface area contributed by atoms with Crippen molar-refractivity contribution in [2.75, 3.05) is 13.1 Å². The second-order valence-electron chi connectivity index (χ2n) is 7.68. The molecule has 0 unspecified atom stereocenters. The molecule has 1 aliphatic heterocycles. The normalized spacial score (nSPS) is 15.2. The average molecular weight is 462 g/mol. The Morgan fingerprint density at radius 1 is 1.19 bits per heavy atom. The molecule has 3 aromatic rings. The number of carboxylic acid groups (broad SMARTS) is 1. The van der Waals surface area contributed by atoms with Crippen molar-refractivity contribution >= 4 is 34.4 Å². The van der Waals surface area contributed by atoms with Gasteiger partial charge in [-0.25, -0.2) is 9.18 Å². The van der Waals surface area contributed by atoms with Gasteiger partial charge in [-0.15, -0.1) is 0 Å². The van der Waals surface area contributed by atoms with Gasteiger partial charge in [-0.3, -0.25) is 4.79 Å². The van der Waals surface area contributed by atoms with Gasteiger partial charge in [0.05, 0.1) is 12.1 Å². The van der Waals surface area contributed by atoms with Crippen LogP contribution in [0, 0.1) is 5.82 Å². The van der Waals surface area contributed by atoms with Crippen LogP contribution in [0.25, 0.3) is 10.9 Å². The molecule has 0 aliphatic carbocycles. The van der Waals surface area contributed by atoms with E-state index in [1.54, 1.807) is 47.4 Å². The Hall–Kier alpha value is -2.94. The highest BCUT2D eigenvalue weighted by molar-refractivity contribution is 6.31. The molecule has 7 nitrogen and oxygen atoms in total. The number of aliphatic hydroxyl groups excluding tert-OH is 1. The Labute approximate surface area is 189 Å². The predicted octanol–water partition coefficient (Wildman–Crippen LogP) is 3.20. The summed E-state index contributed by atoms with van der Waals surface area (Å²) in [5.74, 6) is -1.47. The van der Waals surface area contributed by atoms with Crippen molar-refractivity contribution in [3.8, 4) is 0 Å². The van der Waals surface area contributed by atoms with Gasteiger partial charge in [-0.2, -0.15) is 0 Å². The van der Waals surface area contributed by atoms with E-state index < -0.39 is 12.0 Å². The van der Waals surface area contributed by atoms with Gasteiger partial charge >= 0.3 is 5.97 Å². The molecule has 2 heterocycles. The highest BCUT2D eigenvalue weighted by atomic mass is 35.5. The molecule has 1 atom stereocenters. The molecule has 0 spiro atoms. The second-order valence-corrected chi connectivity index (χ2v) is 8.11. The number of halogens is 2. The van der Waals surface area contributed by atoms with Gasteiger partial charge in [-0.05, 0) is 55.2 Å². The third kappa shape index (κ3) is 6.06. The Kier molecular flexibility index (Phi) is 7.84. The van der Waals surface area contributed by atoms with E-state index in [-0.39, 0.29) is 29.9 Å². The number of aromatic amines is 1. The summed E-state index contributed by atoms with van der Waals surface area (Å²) in [7, 11) is 0. The fourth-order valence-corrected chi connectivity index (χ4v) is 3.71. The molecule has 32 heavy (non-hydrogen) atoms. The van der Waals surface area contributed by atoms with E-state index in [9.17, 15) is 19.1 Å². The second kappa shape index (κ2) is 10.6. The number of hydrogen-bond acceptors (Lipinski definition) is 4. The maximum Gasteiger partial charge on any atom is 0.352 e. The minimum absolute atomic E-state index is 0.171. The first-order chi connectivity index (χ1) is 15.2. The zero-order chi connectivity index (χ0) is 23.3. The van der Waals surface area contributed by atoms with E-state index in [0.29, 0.717) is 36.5 Å². The predicted molar refractivity (Wildman–Crippen MR) is 120 cm³/mol. The van der Waals surface area contributed by atoms with Crippen LogP contribution < -0.4 is 5.73 Å². The van der Waals surface area contributed by atoms with Gasteiger partial charge in [-0.1, -0.05) is 29.8 Å². The molecule has 5 N–H and O–H groups in total. The molecule has 9 heteroatoms. The number of amides is 1. The van der Waals surface area contributed by atoms with Gasteiger partial charge in [0.2, 0.25) is 5.91 Å². The largest absolute Gasteiger partial charge is 0.477 e. The average Bonchev–Trinajstić information content (AvgIpc) is 3.19. The Morgan fingerprint density at radius 3 is 2.53 bits per heavy atom. The summed E-state index contributed by atoms with van der Waals surface area (Å²) in [5.41, 5.74) is 7.28. The minimum atomic E-state index is -0.965. The Morgan fingerprint density at radius 2 is 1.88 bits per heavy atom. The van der Waals surface area contributed by atoms with Crippen LogP contribution in [0.3, 0.4) is 0 Å². The number of hydrogen-bond donors (Lipinski definition) is 4. The molecule has 1 aliphatic rings. The number of likely N-dealkylation sites (tertiary alicyclic amines) is 1. The molecular formula is C23H25ClFN3O4. The van der Waals surface area contributed by atoms with E-state index in [1.807, 2.05) is 0 Å². The Bertz CT molecular complexity index is 1100. The van der Waals surface area contributed by atoms with Crippen molar-refractivity contribution < 1.29 is 24.2 Å². The van der Waals surface area contributed by atoms with E-state index in [0.717, 1.165) is 10.9 Å². The van der Waals surface area contributed by atoms with Crippen molar-refractivity contribution in [3.05, 3.63) is 70.6 Å². The van der Waals surface area contributed by atoms with Crippen LogP contribution in [0.1, 0.15) is 28.9 Å². The highest BCUT2D eigenvalue weighted by Gasteiger charge is 2.26. The lowest BCUT2D eigenvalue weighted by atomic mass is 10.0. The van der Waals surface area contributed by atoms with E-state index in [4.69, 9.17) is 22.4 Å². The fourth-order valence-electron chi connectivity index (χ4n) is 3.53. The number of nitrogens with zero attached hydrogens (tertiary/aromatic N) is 1. The molecule has 1 saturated heterocycles. The third-order valence-electron chi connectivity index (χ3n) is 5.30. The Balaban J connectivity index is 0.000000193. The molecular weight excluding hydrogens is 437 g/mol. The smallest absolute Gasteiger partial charge is 0.352 e. The van der Waals surface area contributed by atoms with E-state index >= 15 is 0 Å². The lowest BCUT2D eigenvalue weighted by Gasteiger charge is -2.31. The summed E-state index contributed by atoms with van der Waals surface area (Å²) < 4.78 is 13.5. The van der Waals surface area contributed by atoms with Crippen LogP contribution in [0.15, 0.2) is 48.5 Å². The number of aliphatic hydroxyl groups is 1. The maximum absolute atomic E-state index is 13.5. The van der Waals surface area contributed by atoms with Crippen LogP contribution in [0.2, 0.25) is 5.02 Å². The van der Waals surface area contributed by atoms with Crippen LogP contribution in [-0.2, 0) is 11.2 Å². The summed E-state index contributed by atoms with van der Waals surface area (Å²) in [5, 5.41) is 19.5. The first-order valence-electron chi connectivity index (χ1n) is 10.2. The molecule has 170 valence electrons. The quantitative estimate of drug-likeness (QED) is 0.475. The summed E-state index contributed by atoms with van der Waals surface area (Å²) >= 11 is 5.75. The van der Waals surface area contributed by atoms with E-state index in [1.165, 1.54) is 6.07 Å². The van der Waals surface area contributed by atoms with Crippen molar-refractivity contribution in [1.29, 1.82) is 0 Å². The molecule has 1 amide bonds. The first kappa shape index (κ1) is 23.7. The maximum atomic E-state index is 13.5. The fraction of sp³-hybridized carbons (Fsp3) is 0.304. The SMILES string of the molecule is N[C@@H](Cc1ccccc1F)C(=O)N1CCC(O)CC1.O=C(O)c1cc2cc(Cl)ccc2[nH]1. The monoisotopic (exact) mass is 461 g/mol. The summed E-state index contributed by atoms with van der Waals surface area (Å²) in [6, 6.07) is 12.4. The molecule has 0 bridgehead atoms. The van der Waals surface area contributed by atoms with Crippen LogP contribution in [0.5, 0.6) is 0 Å². The van der Waals surface area contributed by atoms with Crippen molar-refractivity contribution in [2.45, 2.75) is 31.4 Å². The number of H-pyrrole nitrogens is 1.